The molecule has 0 saturated heterocycles. The first kappa shape index (κ1) is 18.7. The Bertz CT molecular complexity index is 904. The summed E-state index contributed by atoms with van der Waals surface area (Å²) in [4.78, 5) is 25.2. The van der Waals surface area contributed by atoms with Gasteiger partial charge in [-0.1, -0.05) is 30.3 Å². The number of allylic oxidation sites excluding steroid dienone is 1. The van der Waals surface area contributed by atoms with Gasteiger partial charge in [0.2, 0.25) is 0 Å². The molecule has 0 aromatic heterocycles. The van der Waals surface area contributed by atoms with Crippen LogP contribution >= 0.6 is 0 Å². The van der Waals surface area contributed by atoms with Gasteiger partial charge in [0, 0.05) is 18.4 Å². The van der Waals surface area contributed by atoms with Gasteiger partial charge in [0.15, 0.2) is 0 Å². The van der Waals surface area contributed by atoms with Crippen molar-refractivity contribution in [1.29, 1.82) is 0 Å². The Morgan fingerprint density at radius 1 is 1.07 bits per heavy atom. The van der Waals surface area contributed by atoms with E-state index in [1.165, 1.54) is 25.4 Å². The first-order valence-corrected chi connectivity index (χ1v) is 8.18. The first-order valence-electron chi connectivity index (χ1n) is 8.18. The van der Waals surface area contributed by atoms with Gasteiger partial charge in [-0.25, -0.2) is 4.79 Å². The van der Waals surface area contributed by atoms with Gasteiger partial charge in [0.25, 0.3) is 5.78 Å². The van der Waals surface area contributed by atoms with Crippen molar-refractivity contribution in [3.05, 3.63) is 71.4 Å². The predicted molar refractivity (Wildman–Crippen MR) is 94.3 cm³/mol. The van der Waals surface area contributed by atoms with Crippen LogP contribution in [0.3, 0.4) is 0 Å². The van der Waals surface area contributed by atoms with Crippen LogP contribution in [0.25, 0.3) is 5.57 Å². The number of hydrogen-bond donors (Lipinski definition) is 0. The molecule has 0 aliphatic carbocycles. The average molecular weight is 375 g/mol. The van der Waals surface area contributed by atoms with Gasteiger partial charge in [-0.15, -0.1) is 0 Å². The standard InChI is InChI=1S/C20H16F3NO3/c1-27-19(26)15-7-8-17-14(11-15)9-10-24(17)12-16(18(25)20(21,22)23)13-5-3-2-4-6-13/h2-8,11-12H,9-10H2,1H3/b16-12-. The molecule has 0 fully saturated rings. The molecule has 27 heavy (non-hydrogen) atoms. The lowest BCUT2D eigenvalue weighted by Crippen LogP contribution is -2.26. The number of Topliss-reactive ketones (excluding diaryl/α,β-unsaturated/α-hetero) is 1. The number of esters is 1. The van der Waals surface area contributed by atoms with E-state index in [2.05, 4.69) is 4.74 Å². The normalized spacial score (nSPS) is 14.1. The van der Waals surface area contributed by atoms with Gasteiger partial charge < -0.3 is 9.64 Å². The third-order valence-electron chi connectivity index (χ3n) is 4.30. The number of ketones is 1. The Morgan fingerprint density at radius 3 is 2.41 bits per heavy atom. The number of anilines is 1. The highest BCUT2D eigenvalue weighted by atomic mass is 19.4. The van der Waals surface area contributed by atoms with E-state index >= 15 is 0 Å². The average Bonchev–Trinajstić information content (AvgIpc) is 3.07. The lowest BCUT2D eigenvalue weighted by molar-refractivity contribution is -0.164. The van der Waals surface area contributed by atoms with Crippen molar-refractivity contribution >= 4 is 23.0 Å². The Morgan fingerprint density at radius 2 is 1.78 bits per heavy atom. The third kappa shape index (κ3) is 3.86. The summed E-state index contributed by atoms with van der Waals surface area (Å²) in [6.07, 6.45) is -3.20. The Kier molecular flexibility index (Phi) is 5.03. The number of hydrogen-bond acceptors (Lipinski definition) is 4. The molecule has 0 N–H and O–H groups in total. The second kappa shape index (κ2) is 7.26. The zero-order chi connectivity index (χ0) is 19.6. The lowest BCUT2D eigenvalue weighted by Gasteiger charge is -2.18. The number of benzene rings is 2. The molecule has 0 radical (unpaired) electrons. The fraction of sp³-hybridized carbons (Fsp3) is 0.200. The van der Waals surface area contributed by atoms with E-state index in [1.54, 1.807) is 41.3 Å². The largest absolute Gasteiger partial charge is 0.465 e. The van der Waals surface area contributed by atoms with E-state index < -0.39 is 23.5 Å². The first-order chi connectivity index (χ1) is 12.8. The molecule has 2 aromatic carbocycles. The molecule has 2 aromatic rings. The van der Waals surface area contributed by atoms with Crippen molar-refractivity contribution < 1.29 is 27.5 Å². The number of carbonyl (C=O) groups is 2. The molecule has 1 aliphatic rings. The summed E-state index contributed by atoms with van der Waals surface area (Å²) in [7, 11) is 1.28. The molecular weight excluding hydrogens is 359 g/mol. The number of rotatable bonds is 4. The van der Waals surface area contributed by atoms with Crippen molar-refractivity contribution in [1.82, 2.24) is 0 Å². The minimum Gasteiger partial charge on any atom is -0.465 e. The number of halogens is 3. The van der Waals surface area contributed by atoms with E-state index in [0.29, 0.717) is 24.2 Å². The van der Waals surface area contributed by atoms with Crippen LogP contribution in [-0.2, 0) is 16.0 Å². The minimum absolute atomic E-state index is 0.194. The molecule has 0 amide bonds. The van der Waals surface area contributed by atoms with Crippen LogP contribution in [-0.4, -0.2) is 31.6 Å². The monoisotopic (exact) mass is 375 g/mol. The molecule has 3 rings (SSSR count). The Hall–Kier alpha value is -3.09. The summed E-state index contributed by atoms with van der Waals surface area (Å²) in [6.45, 7) is 0.404. The van der Waals surface area contributed by atoms with Crippen molar-refractivity contribution in [3.63, 3.8) is 0 Å². The molecule has 1 aliphatic heterocycles. The lowest BCUT2D eigenvalue weighted by atomic mass is 10.0. The van der Waals surface area contributed by atoms with E-state index in [0.717, 1.165) is 5.56 Å². The van der Waals surface area contributed by atoms with Gasteiger partial charge in [-0.05, 0) is 35.7 Å². The Balaban J connectivity index is 2.01. The number of alkyl halides is 3. The fourth-order valence-electron chi connectivity index (χ4n) is 3.00. The quantitative estimate of drug-likeness (QED) is 0.599. The second-order valence-corrected chi connectivity index (χ2v) is 6.01. The molecule has 0 unspecified atom stereocenters. The molecule has 0 bridgehead atoms. The highest BCUT2D eigenvalue weighted by Gasteiger charge is 2.41. The van der Waals surface area contributed by atoms with Gasteiger partial charge in [-0.3, -0.25) is 4.79 Å². The SMILES string of the molecule is COC(=O)c1ccc2c(c1)CCN2/C=C(\C(=O)C(F)(F)F)c1ccccc1. The topological polar surface area (TPSA) is 46.6 Å². The van der Waals surface area contributed by atoms with Crippen molar-refractivity contribution in [2.24, 2.45) is 0 Å². The van der Waals surface area contributed by atoms with Crippen LogP contribution in [0.1, 0.15) is 21.5 Å². The summed E-state index contributed by atoms with van der Waals surface area (Å²) >= 11 is 0. The van der Waals surface area contributed by atoms with Gasteiger partial charge in [-0.2, -0.15) is 13.2 Å². The summed E-state index contributed by atoms with van der Waals surface area (Å²) in [6, 6.07) is 12.6. The number of ether oxygens (including phenoxy) is 1. The van der Waals surface area contributed by atoms with Crippen molar-refractivity contribution in [2.75, 3.05) is 18.6 Å². The smallest absolute Gasteiger partial charge is 0.454 e. The predicted octanol–water partition coefficient (Wildman–Crippen LogP) is 4.01. The molecule has 7 heteroatoms. The zero-order valence-corrected chi connectivity index (χ0v) is 14.4. The molecular formula is C20H16F3NO3. The molecule has 140 valence electrons. The summed E-state index contributed by atoms with van der Waals surface area (Å²) < 4.78 is 43.9. The second-order valence-electron chi connectivity index (χ2n) is 6.01. The zero-order valence-electron chi connectivity index (χ0n) is 14.4. The summed E-state index contributed by atoms with van der Waals surface area (Å²) in [5, 5.41) is 0. The molecule has 0 saturated carbocycles. The molecule has 0 spiro atoms. The maximum Gasteiger partial charge on any atom is 0.454 e. The van der Waals surface area contributed by atoms with E-state index in [-0.39, 0.29) is 5.56 Å². The van der Waals surface area contributed by atoms with Crippen LogP contribution in [0.15, 0.2) is 54.7 Å². The highest BCUT2D eigenvalue weighted by molar-refractivity contribution is 6.23. The van der Waals surface area contributed by atoms with Gasteiger partial charge in [0.05, 0.1) is 18.2 Å². The fourth-order valence-corrected chi connectivity index (χ4v) is 3.00. The van der Waals surface area contributed by atoms with Gasteiger partial charge in [0.1, 0.15) is 0 Å². The van der Waals surface area contributed by atoms with Crippen LogP contribution in [0.2, 0.25) is 0 Å². The maximum atomic E-state index is 13.1. The molecule has 0 atom stereocenters. The minimum atomic E-state index is -4.97. The third-order valence-corrected chi connectivity index (χ3v) is 4.30. The van der Waals surface area contributed by atoms with Gasteiger partial charge >= 0.3 is 12.1 Å². The van der Waals surface area contributed by atoms with E-state index in [4.69, 9.17) is 0 Å². The maximum absolute atomic E-state index is 13.1. The number of nitrogens with zero attached hydrogens (tertiary/aromatic N) is 1. The van der Waals surface area contributed by atoms with Crippen LogP contribution in [0, 0.1) is 0 Å². The number of methoxy groups -OCH3 is 1. The van der Waals surface area contributed by atoms with Crippen molar-refractivity contribution in [3.8, 4) is 0 Å². The number of fused-ring (bicyclic) bond motifs is 1. The molecule has 1 heterocycles. The Labute approximate surface area is 153 Å². The van der Waals surface area contributed by atoms with Crippen LogP contribution in [0.4, 0.5) is 18.9 Å². The van der Waals surface area contributed by atoms with E-state index in [9.17, 15) is 22.8 Å². The van der Waals surface area contributed by atoms with Crippen LogP contribution in [0.5, 0.6) is 0 Å². The summed E-state index contributed by atoms with van der Waals surface area (Å²) in [5.41, 5.74) is 1.61. The summed E-state index contributed by atoms with van der Waals surface area (Å²) in [5.74, 6) is -2.38. The van der Waals surface area contributed by atoms with Crippen molar-refractivity contribution in [2.45, 2.75) is 12.6 Å². The van der Waals surface area contributed by atoms with Crippen LogP contribution < -0.4 is 4.90 Å². The molecule has 4 nitrogen and oxygen atoms in total. The number of carbonyl (C=O) groups excluding carboxylic acids is 2. The highest BCUT2D eigenvalue weighted by Crippen LogP contribution is 2.33. The van der Waals surface area contributed by atoms with E-state index in [1.807, 2.05) is 0 Å².